The molecule has 0 saturated carbocycles. The van der Waals surface area contributed by atoms with E-state index in [9.17, 15) is 4.79 Å². The van der Waals surface area contributed by atoms with E-state index in [1.807, 2.05) is 66.2 Å². The lowest BCUT2D eigenvalue weighted by molar-refractivity contribution is 0.825. The predicted octanol–water partition coefficient (Wildman–Crippen LogP) is 4.40. The molecular formula is C23H16ClN7O. The molecule has 0 unspecified atom stereocenters. The number of imidazole rings is 1. The molecule has 0 aliphatic carbocycles. The minimum absolute atomic E-state index is 0.254. The molecule has 9 heteroatoms. The van der Waals surface area contributed by atoms with E-state index in [2.05, 4.69) is 31.4 Å². The average Bonchev–Trinajstić information content (AvgIpc) is 3.50. The Morgan fingerprint density at radius 1 is 0.906 bits per heavy atom. The molecule has 0 amide bonds. The Labute approximate surface area is 186 Å². The van der Waals surface area contributed by atoms with Crippen LogP contribution in [0.15, 0.2) is 71.7 Å². The van der Waals surface area contributed by atoms with Crippen LogP contribution in [0.5, 0.6) is 0 Å². The van der Waals surface area contributed by atoms with Crippen LogP contribution in [-0.2, 0) is 0 Å². The van der Waals surface area contributed by atoms with Crippen LogP contribution in [-0.4, -0.2) is 34.7 Å². The van der Waals surface area contributed by atoms with Crippen LogP contribution in [0.4, 0.5) is 0 Å². The summed E-state index contributed by atoms with van der Waals surface area (Å²) < 4.78 is 3.60. The second-order valence-corrected chi connectivity index (χ2v) is 8.01. The quantitative estimate of drug-likeness (QED) is 0.425. The SMILES string of the molecule is Cc1cccc(-n2nccc2-c2cc(Cl)c3nnn(-c4ccc5[nH]c(=O)[nH]c5c4)c3c2)c1. The van der Waals surface area contributed by atoms with E-state index in [-0.39, 0.29) is 5.69 Å². The third-order valence-electron chi connectivity index (χ3n) is 5.43. The van der Waals surface area contributed by atoms with Crippen molar-refractivity contribution in [3.8, 4) is 22.6 Å². The molecule has 156 valence electrons. The largest absolute Gasteiger partial charge is 0.323 e. The third-order valence-corrected chi connectivity index (χ3v) is 5.72. The van der Waals surface area contributed by atoms with E-state index in [0.29, 0.717) is 16.1 Å². The van der Waals surface area contributed by atoms with E-state index in [0.717, 1.165) is 39.2 Å². The first kappa shape index (κ1) is 18.6. The maximum absolute atomic E-state index is 11.6. The van der Waals surface area contributed by atoms with E-state index in [4.69, 9.17) is 11.6 Å². The molecule has 3 aromatic heterocycles. The number of nitrogens with zero attached hydrogens (tertiary/aromatic N) is 5. The monoisotopic (exact) mass is 441 g/mol. The summed E-state index contributed by atoms with van der Waals surface area (Å²) in [6.45, 7) is 2.05. The number of hydrogen-bond donors (Lipinski definition) is 2. The van der Waals surface area contributed by atoms with E-state index in [1.165, 1.54) is 0 Å². The Kier molecular flexibility index (Phi) is 4.02. The van der Waals surface area contributed by atoms with Crippen molar-refractivity contribution >= 4 is 33.7 Å². The predicted molar refractivity (Wildman–Crippen MR) is 124 cm³/mol. The summed E-state index contributed by atoms with van der Waals surface area (Å²) >= 11 is 6.60. The molecule has 2 N–H and O–H groups in total. The van der Waals surface area contributed by atoms with Gasteiger partial charge in [-0.25, -0.2) is 14.2 Å². The summed E-state index contributed by atoms with van der Waals surface area (Å²) in [5.41, 5.74) is 7.18. The molecule has 0 atom stereocenters. The molecule has 6 aromatic rings. The van der Waals surface area contributed by atoms with Crippen molar-refractivity contribution in [1.29, 1.82) is 0 Å². The minimum atomic E-state index is -0.254. The number of aryl methyl sites for hydroxylation is 1. The molecule has 0 saturated heterocycles. The van der Waals surface area contributed by atoms with Crippen LogP contribution in [0.25, 0.3) is 44.7 Å². The minimum Gasteiger partial charge on any atom is -0.306 e. The molecule has 0 spiro atoms. The molecular weight excluding hydrogens is 426 g/mol. The third kappa shape index (κ3) is 2.92. The number of H-pyrrole nitrogens is 2. The number of hydrogen-bond acceptors (Lipinski definition) is 4. The number of halogens is 1. The zero-order valence-corrected chi connectivity index (χ0v) is 17.6. The van der Waals surface area contributed by atoms with Gasteiger partial charge < -0.3 is 9.97 Å². The summed E-state index contributed by atoms with van der Waals surface area (Å²) in [4.78, 5) is 17.1. The van der Waals surface area contributed by atoms with Crippen molar-refractivity contribution in [2.75, 3.05) is 0 Å². The van der Waals surface area contributed by atoms with Crippen LogP contribution < -0.4 is 5.69 Å². The smallest absolute Gasteiger partial charge is 0.306 e. The van der Waals surface area contributed by atoms with Gasteiger partial charge in [0.2, 0.25) is 0 Å². The van der Waals surface area contributed by atoms with Gasteiger partial charge in [-0.05, 0) is 61.0 Å². The van der Waals surface area contributed by atoms with Crippen LogP contribution in [0.2, 0.25) is 5.02 Å². The molecule has 6 rings (SSSR count). The normalized spacial score (nSPS) is 11.6. The topological polar surface area (TPSA) is 97.2 Å². The summed E-state index contributed by atoms with van der Waals surface area (Å²) in [6, 6.07) is 19.5. The van der Waals surface area contributed by atoms with Crippen LogP contribution in [0.3, 0.4) is 0 Å². The standard InChI is InChI=1S/C23H16ClN7O/c1-13-3-2-4-15(9-13)30-20(7-8-25-30)14-10-17(24)22-21(11-14)31(29-28-22)16-5-6-18-19(12-16)27-23(32)26-18/h2-12H,1H3,(H2,26,27,32). The zero-order chi connectivity index (χ0) is 21.8. The molecule has 32 heavy (non-hydrogen) atoms. The van der Waals surface area contributed by atoms with Crippen molar-refractivity contribution < 1.29 is 0 Å². The van der Waals surface area contributed by atoms with Gasteiger partial charge in [0, 0.05) is 5.56 Å². The lowest BCUT2D eigenvalue weighted by Gasteiger charge is -2.10. The van der Waals surface area contributed by atoms with Crippen molar-refractivity contribution in [2.24, 2.45) is 0 Å². The van der Waals surface area contributed by atoms with Gasteiger partial charge in [0.1, 0.15) is 5.52 Å². The number of aromatic amines is 2. The maximum Gasteiger partial charge on any atom is 0.323 e. The first-order chi connectivity index (χ1) is 15.6. The molecule has 0 fully saturated rings. The van der Waals surface area contributed by atoms with E-state index >= 15 is 0 Å². The van der Waals surface area contributed by atoms with Gasteiger partial charge in [-0.1, -0.05) is 28.9 Å². The highest BCUT2D eigenvalue weighted by atomic mass is 35.5. The summed E-state index contributed by atoms with van der Waals surface area (Å²) in [5.74, 6) is 0. The second-order valence-electron chi connectivity index (χ2n) is 7.60. The number of benzene rings is 3. The fraction of sp³-hybridized carbons (Fsp3) is 0.0435. The van der Waals surface area contributed by atoms with Crippen molar-refractivity contribution in [1.82, 2.24) is 34.7 Å². The van der Waals surface area contributed by atoms with Gasteiger partial charge in [-0.15, -0.1) is 5.10 Å². The Bertz CT molecular complexity index is 1690. The van der Waals surface area contributed by atoms with E-state index in [1.54, 1.807) is 10.9 Å². The summed E-state index contributed by atoms with van der Waals surface area (Å²) in [7, 11) is 0. The van der Waals surface area contributed by atoms with Gasteiger partial charge in [-0.3, -0.25) is 0 Å². The molecule has 8 nitrogen and oxygen atoms in total. The fourth-order valence-corrected chi connectivity index (χ4v) is 4.21. The molecule has 0 aliphatic heterocycles. The van der Waals surface area contributed by atoms with Crippen LogP contribution in [0.1, 0.15) is 5.56 Å². The molecule has 0 bridgehead atoms. The highest BCUT2D eigenvalue weighted by molar-refractivity contribution is 6.35. The van der Waals surface area contributed by atoms with Gasteiger partial charge in [-0.2, -0.15) is 5.10 Å². The van der Waals surface area contributed by atoms with Gasteiger partial charge in [0.15, 0.2) is 0 Å². The highest BCUT2D eigenvalue weighted by Crippen LogP contribution is 2.32. The zero-order valence-electron chi connectivity index (χ0n) is 16.9. The number of nitrogens with one attached hydrogen (secondary N) is 2. The van der Waals surface area contributed by atoms with Crippen molar-refractivity contribution in [3.05, 3.63) is 87.9 Å². The maximum atomic E-state index is 11.6. The van der Waals surface area contributed by atoms with Crippen LogP contribution in [0, 0.1) is 6.92 Å². The Balaban J connectivity index is 1.53. The van der Waals surface area contributed by atoms with Crippen molar-refractivity contribution in [2.45, 2.75) is 6.92 Å². The Morgan fingerprint density at radius 2 is 1.75 bits per heavy atom. The van der Waals surface area contributed by atoms with E-state index < -0.39 is 0 Å². The number of fused-ring (bicyclic) bond motifs is 2. The Hall–Kier alpha value is -4.17. The number of rotatable bonds is 3. The van der Waals surface area contributed by atoms with Gasteiger partial charge in [0.25, 0.3) is 0 Å². The molecule has 0 aliphatic rings. The molecule has 3 heterocycles. The van der Waals surface area contributed by atoms with Crippen molar-refractivity contribution in [3.63, 3.8) is 0 Å². The highest BCUT2D eigenvalue weighted by Gasteiger charge is 2.16. The second kappa shape index (κ2) is 6.93. The lowest BCUT2D eigenvalue weighted by Crippen LogP contribution is -2.00. The molecule has 0 radical (unpaired) electrons. The van der Waals surface area contributed by atoms with Crippen LogP contribution >= 0.6 is 11.6 Å². The Morgan fingerprint density at radius 3 is 2.62 bits per heavy atom. The van der Waals surface area contributed by atoms with Gasteiger partial charge in [0.05, 0.1) is 44.8 Å². The average molecular weight is 442 g/mol. The molecule has 3 aromatic carbocycles. The van der Waals surface area contributed by atoms with Gasteiger partial charge >= 0.3 is 5.69 Å². The lowest BCUT2D eigenvalue weighted by atomic mass is 10.1. The summed E-state index contributed by atoms with van der Waals surface area (Å²) in [6.07, 6.45) is 1.77. The number of aromatic nitrogens is 7. The first-order valence-corrected chi connectivity index (χ1v) is 10.3. The first-order valence-electron chi connectivity index (χ1n) is 9.96. The summed E-state index contributed by atoms with van der Waals surface area (Å²) in [5, 5.41) is 13.6. The fourth-order valence-electron chi connectivity index (χ4n) is 3.96.